The molecule has 0 atom stereocenters. The number of nitrogens with zero attached hydrogens (tertiary/aromatic N) is 2. The summed E-state index contributed by atoms with van der Waals surface area (Å²) in [5, 5.41) is 13.1. The molecule has 0 spiro atoms. The third-order valence-electron chi connectivity index (χ3n) is 0.960. The van der Waals surface area contributed by atoms with Crippen LogP contribution in [0.15, 0.2) is 4.99 Å². The van der Waals surface area contributed by atoms with Crippen LogP contribution in [-0.2, 0) is 0 Å². The Kier molecular flexibility index (Phi) is 6.88. The number of hydrogen-bond donors (Lipinski definition) is 3. The Balaban J connectivity index is 3.78. The van der Waals surface area contributed by atoms with Crippen LogP contribution in [0.5, 0.6) is 0 Å². The second-order valence-corrected chi connectivity index (χ2v) is 1.87. The van der Waals surface area contributed by atoms with Crippen LogP contribution in [0.4, 0.5) is 4.39 Å². The zero-order valence-electron chi connectivity index (χ0n) is 6.68. The van der Waals surface area contributed by atoms with Crippen LogP contribution >= 0.6 is 0 Å². The van der Waals surface area contributed by atoms with Crippen molar-refractivity contribution in [3.63, 3.8) is 0 Å². The zero-order chi connectivity index (χ0) is 9.23. The Hall–Kier alpha value is -1.35. The molecule has 5 nitrogen and oxygen atoms in total. The molecule has 12 heavy (non-hydrogen) atoms. The van der Waals surface area contributed by atoms with Gasteiger partial charge in [-0.25, -0.2) is 4.39 Å². The molecule has 0 saturated heterocycles. The Morgan fingerprint density at radius 1 is 1.67 bits per heavy atom. The molecule has 0 saturated carbocycles. The van der Waals surface area contributed by atoms with E-state index in [2.05, 4.69) is 15.6 Å². The van der Waals surface area contributed by atoms with Gasteiger partial charge in [-0.2, -0.15) is 5.26 Å². The van der Waals surface area contributed by atoms with Gasteiger partial charge in [0.1, 0.15) is 6.67 Å². The summed E-state index contributed by atoms with van der Waals surface area (Å²) in [6, 6.07) is 0. The first-order chi connectivity index (χ1) is 5.85. The molecule has 0 aromatic heterocycles. The van der Waals surface area contributed by atoms with Crippen molar-refractivity contribution < 1.29 is 4.39 Å². The lowest BCUT2D eigenvalue weighted by Gasteiger charge is -2.04. The van der Waals surface area contributed by atoms with E-state index in [0.29, 0.717) is 13.1 Å². The average molecular weight is 173 g/mol. The second kappa shape index (κ2) is 7.75. The lowest BCUT2D eigenvalue weighted by Crippen LogP contribution is -2.36. The molecule has 0 fully saturated rings. The molecule has 0 unspecified atom stereocenters. The van der Waals surface area contributed by atoms with Crippen LogP contribution in [0.2, 0.25) is 0 Å². The van der Waals surface area contributed by atoms with Gasteiger partial charge >= 0.3 is 0 Å². The molecule has 6 heteroatoms. The van der Waals surface area contributed by atoms with Gasteiger partial charge in [-0.1, -0.05) is 0 Å². The third kappa shape index (κ3) is 5.44. The van der Waals surface area contributed by atoms with Gasteiger partial charge in [-0.3, -0.25) is 10.3 Å². The number of aliphatic imine (C=N–C) groups is 1. The summed E-state index contributed by atoms with van der Waals surface area (Å²) in [5.74, 6) is 0.264. The maximum atomic E-state index is 11.7. The lowest BCUT2D eigenvalue weighted by molar-refractivity contribution is 0.490. The highest BCUT2D eigenvalue weighted by molar-refractivity contribution is 5.81. The third-order valence-corrected chi connectivity index (χ3v) is 0.960. The Morgan fingerprint density at radius 3 is 2.92 bits per heavy atom. The number of nitriles is 1. The van der Waals surface area contributed by atoms with E-state index in [9.17, 15) is 4.39 Å². The van der Waals surface area contributed by atoms with Gasteiger partial charge in [0.15, 0.2) is 6.19 Å². The highest BCUT2D eigenvalue weighted by atomic mass is 19.1. The van der Waals surface area contributed by atoms with Gasteiger partial charge in [-0.05, 0) is 0 Å². The van der Waals surface area contributed by atoms with Crippen molar-refractivity contribution in [1.29, 1.82) is 5.26 Å². The van der Waals surface area contributed by atoms with Crippen LogP contribution in [0, 0.1) is 11.5 Å². The minimum atomic E-state index is -0.505. The van der Waals surface area contributed by atoms with Crippen molar-refractivity contribution in [3.05, 3.63) is 0 Å². The van der Waals surface area contributed by atoms with Crippen LogP contribution in [0.1, 0.15) is 0 Å². The van der Waals surface area contributed by atoms with Gasteiger partial charge in [0.05, 0.1) is 6.54 Å². The molecule has 0 amide bonds. The maximum absolute atomic E-state index is 11.7. The highest BCUT2D eigenvalue weighted by Gasteiger charge is 1.93. The van der Waals surface area contributed by atoms with Crippen molar-refractivity contribution >= 4 is 5.96 Å². The van der Waals surface area contributed by atoms with Crippen LogP contribution in [-0.4, -0.2) is 32.3 Å². The van der Waals surface area contributed by atoms with Crippen LogP contribution in [0.3, 0.4) is 0 Å². The van der Waals surface area contributed by atoms with E-state index in [4.69, 9.17) is 11.0 Å². The molecule has 4 N–H and O–H groups in total. The fraction of sp³-hybridized carbons (Fsp3) is 0.667. The van der Waals surface area contributed by atoms with Gasteiger partial charge in [-0.15, -0.1) is 0 Å². The van der Waals surface area contributed by atoms with Crippen molar-refractivity contribution in [2.45, 2.75) is 0 Å². The first-order valence-corrected chi connectivity index (χ1v) is 3.54. The molecule has 0 heterocycles. The molecule has 0 radical (unpaired) electrons. The highest BCUT2D eigenvalue weighted by Crippen LogP contribution is 1.71. The number of nitrogens with two attached hydrogens (primary N) is 1. The smallest absolute Gasteiger partial charge is 0.204 e. The summed E-state index contributed by atoms with van der Waals surface area (Å²) >= 11 is 0. The monoisotopic (exact) mass is 173 g/mol. The number of alkyl halides is 1. The molecule has 0 bridgehead atoms. The molecular weight excluding hydrogens is 161 g/mol. The first kappa shape index (κ1) is 10.7. The fourth-order valence-corrected chi connectivity index (χ4v) is 0.535. The largest absolute Gasteiger partial charge is 0.353 e. The van der Waals surface area contributed by atoms with E-state index >= 15 is 0 Å². The molecular formula is C6H12FN5. The normalized spacial score (nSPS) is 10.6. The number of nitrogens with one attached hydrogen (secondary N) is 2. The van der Waals surface area contributed by atoms with E-state index < -0.39 is 6.67 Å². The molecule has 0 aliphatic heterocycles. The summed E-state index contributed by atoms with van der Waals surface area (Å²) in [6.45, 7) is 0.435. The summed E-state index contributed by atoms with van der Waals surface area (Å²) < 4.78 is 11.7. The topological polar surface area (TPSA) is 86.2 Å². The van der Waals surface area contributed by atoms with E-state index in [1.54, 1.807) is 6.19 Å². The number of hydrogen-bond acceptors (Lipinski definition) is 3. The standard InChI is InChI=1S/C6H12FN5/c7-1-3-10-6(12-5-9)11-4-2-8/h1-4,8H2,(H2,10,11,12). The second-order valence-electron chi connectivity index (χ2n) is 1.87. The predicted molar refractivity (Wildman–Crippen MR) is 44.1 cm³/mol. The maximum Gasteiger partial charge on any atom is 0.204 e. The van der Waals surface area contributed by atoms with E-state index in [1.165, 1.54) is 0 Å². The van der Waals surface area contributed by atoms with Crippen molar-refractivity contribution in [2.75, 3.05) is 26.3 Å². The fourth-order valence-electron chi connectivity index (χ4n) is 0.535. The van der Waals surface area contributed by atoms with Gasteiger partial charge in [0.2, 0.25) is 5.96 Å². The SMILES string of the molecule is N#CNC(=NCCN)NCCF. The minimum Gasteiger partial charge on any atom is -0.353 e. The molecule has 0 aliphatic rings. The van der Waals surface area contributed by atoms with E-state index in [0.717, 1.165) is 0 Å². The lowest BCUT2D eigenvalue weighted by atomic mass is 10.6. The molecule has 0 aromatic carbocycles. The van der Waals surface area contributed by atoms with E-state index in [1.807, 2.05) is 0 Å². The predicted octanol–water partition coefficient (Wildman–Crippen LogP) is -1.07. The quantitative estimate of drug-likeness (QED) is 0.219. The van der Waals surface area contributed by atoms with Crippen molar-refractivity contribution in [1.82, 2.24) is 10.6 Å². The molecule has 0 aliphatic carbocycles. The Labute approximate surface area is 70.5 Å². The van der Waals surface area contributed by atoms with Gasteiger partial charge in [0.25, 0.3) is 0 Å². The number of guanidine groups is 1. The molecule has 68 valence electrons. The molecule has 0 aromatic rings. The van der Waals surface area contributed by atoms with Crippen LogP contribution in [0.25, 0.3) is 0 Å². The summed E-state index contributed by atoms with van der Waals surface area (Å²) in [7, 11) is 0. The summed E-state index contributed by atoms with van der Waals surface area (Å²) in [4.78, 5) is 3.85. The number of rotatable bonds is 4. The van der Waals surface area contributed by atoms with E-state index in [-0.39, 0.29) is 12.5 Å². The van der Waals surface area contributed by atoms with Crippen molar-refractivity contribution in [2.24, 2.45) is 10.7 Å². The Morgan fingerprint density at radius 2 is 2.42 bits per heavy atom. The van der Waals surface area contributed by atoms with Gasteiger partial charge in [0, 0.05) is 13.1 Å². The minimum absolute atomic E-state index is 0.137. The van der Waals surface area contributed by atoms with Gasteiger partial charge < -0.3 is 11.1 Å². The zero-order valence-corrected chi connectivity index (χ0v) is 6.68. The first-order valence-electron chi connectivity index (χ1n) is 3.54. The van der Waals surface area contributed by atoms with Crippen LogP contribution < -0.4 is 16.4 Å². The molecule has 0 rings (SSSR count). The summed E-state index contributed by atoms with van der Waals surface area (Å²) in [6.07, 6.45) is 1.68. The number of halogens is 1. The Bertz CT molecular complexity index is 173. The average Bonchev–Trinajstić information content (AvgIpc) is 2.10. The summed E-state index contributed by atoms with van der Waals surface area (Å²) in [5.41, 5.74) is 5.18. The van der Waals surface area contributed by atoms with Crippen molar-refractivity contribution in [3.8, 4) is 6.19 Å².